The SMILES string of the molecule is Cn1ccc2ccnc(N(C(=O)c3ccc(Nc4ncccn4)cc3F)[C@@H]3CCCNC3)c21. The van der Waals surface area contributed by atoms with Gasteiger partial charge in [-0.1, -0.05) is 0 Å². The van der Waals surface area contributed by atoms with Crippen molar-refractivity contribution in [1.29, 1.82) is 0 Å². The predicted molar refractivity (Wildman–Crippen MR) is 125 cm³/mol. The molecule has 1 aliphatic rings. The minimum absolute atomic E-state index is 0.00637. The van der Waals surface area contributed by atoms with Gasteiger partial charge in [-0.05, 0) is 55.8 Å². The number of carbonyl (C=O) groups is 1. The quantitative estimate of drug-likeness (QED) is 0.488. The van der Waals surface area contributed by atoms with Crippen molar-refractivity contribution in [1.82, 2.24) is 24.8 Å². The fraction of sp³-hybridized carbons (Fsp3) is 0.250. The maximum atomic E-state index is 15.2. The molecule has 0 saturated carbocycles. The monoisotopic (exact) mass is 445 g/mol. The van der Waals surface area contributed by atoms with Crippen molar-refractivity contribution in [2.24, 2.45) is 7.05 Å². The first-order valence-corrected chi connectivity index (χ1v) is 10.9. The highest BCUT2D eigenvalue weighted by Crippen LogP contribution is 2.30. The highest BCUT2D eigenvalue weighted by atomic mass is 19.1. The van der Waals surface area contributed by atoms with E-state index in [0.717, 1.165) is 30.3 Å². The van der Waals surface area contributed by atoms with E-state index in [4.69, 9.17) is 0 Å². The van der Waals surface area contributed by atoms with Crippen molar-refractivity contribution in [3.63, 3.8) is 0 Å². The van der Waals surface area contributed by atoms with Crippen LogP contribution >= 0.6 is 0 Å². The van der Waals surface area contributed by atoms with Crippen LogP contribution in [0.3, 0.4) is 0 Å². The molecule has 5 rings (SSSR count). The zero-order valence-corrected chi connectivity index (χ0v) is 18.2. The molecule has 0 bridgehead atoms. The van der Waals surface area contributed by atoms with E-state index in [9.17, 15) is 4.79 Å². The fourth-order valence-corrected chi connectivity index (χ4v) is 4.27. The molecule has 0 radical (unpaired) electrons. The summed E-state index contributed by atoms with van der Waals surface area (Å²) in [4.78, 5) is 28.2. The summed E-state index contributed by atoms with van der Waals surface area (Å²) in [5, 5.41) is 7.28. The molecule has 4 aromatic rings. The van der Waals surface area contributed by atoms with E-state index in [-0.39, 0.29) is 11.6 Å². The zero-order valence-electron chi connectivity index (χ0n) is 18.2. The van der Waals surface area contributed by atoms with Crippen LogP contribution in [0.4, 0.5) is 21.8 Å². The molecular weight excluding hydrogens is 421 g/mol. The Labute approximate surface area is 190 Å². The summed E-state index contributed by atoms with van der Waals surface area (Å²) in [6.45, 7) is 1.53. The molecule has 9 heteroatoms. The van der Waals surface area contributed by atoms with Crippen molar-refractivity contribution in [2.75, 3.05) is 23.3 Å². The number of nitrogens with zero attached hydrogens (tertiary/aromatic N) is 5. The van der Waals surface area contributed by atoms with E-state index in [1.165, 1.54) is 12.1 Å². The number of fused-ring (bicyclic) bond motifs is 1. The molecule has 33 heavy (non-hydrogen) atoms. The van der Waals surface area contributed by atoms with E-state index in [1.807, 2.05) is 29.9 Å². The zero-order chi connectivity index (χ0) is 22.8. The summed E-state index contributed by atoms with van der Waals surface area (Å²) in [6, 6.07) is 9.90. The molecule has 0 unspecified atom stereocenters. The Hall–Kier alpha value is -3.85. The van der Waals surface area contributed by atoms with E-state index >= 15 is 4.39 Å². The fourth-order valence-electron chi connectivity index (χ4n) is 4.27. The number of rotatable bonds is 5. The molecule has 2 N–H and O–H groups in total. The molecule has 0 aliphatic carbocycles. The van der Waals surface area contributed by atoms with Gasteiger partial charge < -0.3 is 15.2 Å². The van der Waals surface area contributed by atoms with Gasteiger partial charge in [-0.25, -0.2) is 19.3 Å². The molecule has 1 amide bonds. The van der Waals surface area contributed by atoms with Crippen molar-refractivity contribution >= 4 is 34.3 Å². The van der Waals surface area contributed by atoms with Crippen LogP contribution in [0.5, 0.6) is 0 Å². The second kappa shape index (κ2) is 8.95. The number of benzene rings is 1. The van der Waals surface area contributed by atoms with Gasteiger partial charge in [0.25, 0.3) is 5.91 Å². The first-order valence-electron chi connectivity index (χ1n) is 10.9. The van der Waals surface area contributed by atoms with Gasteiger partial charge in [-0.2, -0.15) is 0 Å². The van der Waals surface area contributed by atoms with Crippen molar-refractivity contribution < 1.29 is 9.18 Å². The predicted octanol–water partition coefficient (Wildman–Crippen LogP) is 3.64. The Balaban J connectivity index is 1.53. The Morgan fingerprint density at radius 1 is 1.18 bits per heavy atom. The molecule has 168 valence electrons. The van der Waals surface area contributed by atoms with Gasteiger partial charge in [0.15, 0.2) is 5.82 Å². The summed E-state index contributed by atoms with van der Waals surface area (Å²) in [5.41, 5.74) is 1.30. The van der Waals surface area contributed by atoms with Gasteiger partial charge in [0, 0.05) is 49.5 Å². The average molecular weight is 446 g/mol. The maximum Gasteiger partial charge on any atom is 0.262 e. The lowest BCUT2D eigenvalue weighted by molar-refractivity contribution is 0.0968. The second-order valence-electron chi connectivity index (χ2n) is 8.07. The van der Waals surface area contributed by atoms with Crippen LogP contribution in [0.2, 0.25) is 0 Å². The lowest BCUT2D eigenvalue weighted by Crippen LogP contribution is -2.49. The minimum Gasteiger partial charge on any atom is -0.348 e. The average Bonchev–Trinajstić information content (AvgIpc) is 3.22. The third-order valence-electron chi connectivity index (χ3n) is 5.87. The second-order valence-corrected chi connectivity index (χ2v) is 8.07. The number of hydrogen-bond donors (Lipinski definition) is 2. The summed E-state index contributed by atoms with van der Waals surface area (Å²) >= 11 is 0. The van der Waals surface area contributed by atoms with Gasteiger partial charge in [0.1, 0.15) is 5.82 Å². The third-order valence-corrected chi connectivity index (χ3v) is 5.87. The summed E-state index contributed by atoms with van der Waals surface area (Å²) in [6.07, 6.45) is 8.56. The van der Waals surface area contributed by atoms with E-state index < -0.39 is 11.7 Å². The number of amides is 1. The van der Waals surface area contributed by atoms with E-state index in [0.29, 0.717) is 24.0 Å². The van der Waals surface area contributed by atoms with Gasteiger partial charge in [-0.15, -0.1) is 0 Å². The van der Waals surface area contributed by atoms with E-state index in [2.05, 4.69) is 25.6 Å². The number of hydrogen-bond acceptors (Lipinski definition) is 6. The highest BCUT2D eigenvalue weighted by molar-refractivity contribution is 6.10. The number of aryl methyl sites for hydroxylation is 1. The Morgan fingerprint density at radius 2 is 2.03 bits per heavy atom. The summed E-state index contributed by atoms with van der Waals surface area (Å²) < 4.78 is 17.2. The van der Waals surface area contributed by atoms with Crippen LogP contribution in [-0.4, -0.2) is 44.6 Å². The third kappa shape index (κ3) is 4.14. The smallest absolute Gasteiger partial charge is 0.262 e. The number of anilines is 3. The number of nitrogens with one attached hydrogen (secondary N) is 2. The van der Waals surface area contributed by atoms with Crippen LogP contribution in [0.1, 0.15) is 23.2 Å². The first-order chi connectivity index (χ1) is 16.1. The Morgan fingerprint density at radius 3 is 2.79 bits per heavy atom. The number of piperidine rings is 1. The topological polar surface area (TPSA) is 88.0 Å². The maximum absolute atomic E-state index is 15.2. The van der Waals surface area contributed by atoms with Crippen LogP contribution in [0.25, 0.3) is 10.9 Å². The van der Waals surface area contributed by atoms with Gasteiger partial charge >= 0.3 is 0 Å². The number of halogens is 1. The van der Waals surface area contributed by atoms with Crippen molar-refractivity contribution in [3.05, 3.63) is 72.6 Å². The molecule has 8 nitrogen and oxygen atoms in total. The number of pyridine rings is 1. The normalized spacial score (nSPS) is 16.0. The Kier molecular flexibility index (Phi) is 5.70. The van der Waals surface area contributed by atoms with E-state index in [1.54, 1.807) is 35.6 Å². The molecule has 3 aromatic heterocycles. The van der Waals surface area contributed by atoms with Gasteiger partial charge in [0.2, 0.25) is 5.95 Å². The van der Waals surface area contributed by atoms with Crippen molar-refractivity contribution in [2.45, 2.75) is 18.9 Å². The molecule has 1 atom stereocenters. The summed E-state index contributed by atoms with van der Waals surface area (Å²) in [7, 11) is 1.92. The largest absolute Gasteiger partial charge is 0.348 e. The lowest BCUT2D eigenvalue weighted by atomic mass is 10.0. The van der Waals surface area contributed by atoms with Crippen LogP contribution in [0.15, 0.2) is 61.2 Å². The minimum atomic E-state index is -0.617. The molecular formula is C24H24FN7O. The van der Waals surface area contributed by atoms with Crippen molar-refractivity contribution in [3.8, 4) is 0 Å². The number of carbonyl (C=O) groups excluding carboxylic acids is 1. The first kappa shape index (κ1) is 21.0. The van der Waals surface area contributed by atoms with Gasteiger partial charge in [-0.3, -0.25) is 9.69 Å². The van der Waals surface area contributed by atoms with Gasteiger partial charge in [0.05, 0.1) is 17.1 Å². The van der Waals surface area contributed by atoms with Crippen LogP contribution in [0, 0.1) is 5.82 Å². The molecule has 0 spiro atoms. The van der Waals surface area contributed by atoms with Crippen LogP contribution < -0.4 is 15.5 Å². The molecule has 1 aliphatic heterocycles. The number of aromatic nitrogens is 4. The lowest BCUT2D eigenvalue weighted by Gasteiger charge is -2.34. The molecule has 4 heterocycles. The van der Waals surface area contributed by atoms with Crippen LogP contribution in [-0.2, 0) is 7.05 Å². The molecule has 1 fully saturated rings. The summed E-state index contributed by atoms with van der Waals surface area (Å²) in [5.74, 6) is -0.137. The molecule has 1 aromatic carbocycles. The standard InChI is InChI=1S/C24H24FN7O/c1-31-13-8-16-7-12-27-22(21(16)31)32(18-4-2-9-26-15-18)23(33)19-6-5-17(14-20(19)25)30-24-28-10-3-11-29-24/h3,5-8,10-14,18,26H,2,4,9,15H2,1H3,(H,28,29,30)/t18-/m1/s1. The molecule has 1 saturated heterocycles. The Bertz CT molecular complexity index is 1280. The highest BCUT2D eigenvalue weighted by Gasteiger charge is 2.32.